The lowest BCUT2D eigenvalue weighted by molar-refractivity contribution is -0.0876. The quantitative estimate of drug-likeness (QED) is 0.841. The van der Waals surface area contributed by atoms with Crippen LogP contribution in [0.3, 0.4) is 0 Å². The summed E-state index contributed by atoms with van der Waals surface area (Å²) in [6, 6.07) is 6.02. The molecule has 1 N–H and O–H groups in total. The summed E-state index contributed by atoms with van der Waals surface area (Å²) in [7, 11) is 1.79. The number of ether oxygens (including phenoxy) is 2. The minimum Gasteiger partial charge on any atom is -0.376 e. The number of urea groups is 1. The summed E-state index contributed by atoms with van der Waals surface area (Å²) in [5.74, 6) is 0. The summed E-state index contributed by atoms with van der Waals surface area (Å²) in [6.45, 7) is 2.52. The number of rotatable bonds is 2. The van der Waals surface area contributed by atoms with Crippen LogP contribution < -0.4 is 5.32 Å². The zero-order valence-electron chi connectivity index (χ0n) is 11.3. The van der Waals surface area contributed by atoms with Crippen LogP contribution in [-0.2, 0) is 16.0 Å². The van der Waals surface area contributed by atoms with E-state index in [4.69, 9.17) is 9.47 Å². The molecule has 0 bridgehead atoms. The number of nitrogens with zero attached hydrogens (tertiary/aromatic N) is 1. The van der Waals surface area contributed by atoms with Crippen LogP contribution in [-0.4, -0.2) is 43.9 Å². The number of anilines is 1. The Bertz CT molecular complexity index is 517. The summed E-state index contributed by atoms with van der Waals surface area (Å²) in [4.78, 5) is 13.3. The van der Waals surface area contributed by atoms with Crippen molar-refractivity contribution in [2.75, 3.05) is 32.2 Å². The number of halogens is 1. The van der Waals surface area contributed by atoms with E-state index in [2.05, 4.69) is 27.3 Å². The Labute approximate surface area is 126 Å². The molecule has 0 saturated carbocycles. The fraction of sp³-hybridized carbons (Fsp3) is 0.500. The third kappa shape index (κ3) is 2.68. The van der Waals surface area contributed by atoms with E-state index in [1.165, 1.54) is 0 Å². The number of benzene rings is 1. The maximum Gasteiger partial charge on any atom is 0.321 e. The molecule has 2 heterocycles. The largest absolute Gasteiger partial charge is 0.376 e. The van der Waals surface area contributed by atoms with Gasteiger partial charge in [0.25, 0.3) is 0 Å². The van der Waals surface area contributed by atoms with Gasteiger partial charge in [-0.3, -0.25) is 0 Å². The highest BCUT2D eigenvalue weighted by molar-refractivity contribution is 9.09. The van der Waals surface area contributed by atoms with Gasteiger partial charge in [-0.25, -0.2) is 4.79 Å². The molecule has 2 unspecified atom stereocenters. The Morgan fingerprint density at radius 1 is 1.45 bits per heavy atom. The van der Waals surface area contributed by atoms with Gasteiger partial charge in [-0.15, -0.1) is 0 Å². The summed E-state index contributed by atoms with van der Waals surface area (Å²) >= 11 is 3.70. The second-order valence-corrected chi connectivity index (χ2v) is 6.08. The van der Waals surface area contributed by atoms with Gasteiger partial charge in [-0.1, -0.05) is 28.1 Å². The van der Waals surface area contributed by atoms with E-state index in [-0.39, 0.29) is 17.0 Å². The second kappa shape index (κ2) is 5.71. The molecule has 1 aromatic rings. The van der Waals surface area contributed by atoms with Crippen LogP contribution in [0.25, 0.3) is 0 Å². The maximum atomic E-state index is 11.6. The molecule has 2 aliphatic rings. The lowest BCUT2D eigenvalue weighted by atomic mass is 10.0. The highest BCUT2D eigenvalue weighted by Crippen LogP contribution is 2.33. The van der Waals surface area contributed by atoms with Crippen molar-refractivity contribution in [3.63, 3.8) is 0 Å². The average Bonchev–Trinajstić information content (AvgIpc) is 2.48. The summed E-state index contributed by atoms with van der Waals surface area (Å²) in [6.07, 6.45) is 0.0257. The van der Waals surface area contributed by atoms with Crippen LogP contribution in [0.1, 0.15) is 16.0 Å². The van der Waals surface area contributed by atoms with Crippen LogP contribution in [0.15, 0.2) is 18.2 Å². The van der Waals surface area contributed by atoms with Gasteiger partial charge in [0.15, 0.2) is 0 Å². The number of hydrogen-bond donors (Lipinski definition) is 1. The van der Waals surface area contributed by atoms with Crippen molar-refractivity contribution in [3.8, 4) is 0 Å². The molecule has 1 fully saturated rings. The van der Waals surface area contributed by atoms with Crippen LogP contribution in [0.5, 0.6) is 0 Å². The van der Waals surface area contributed by atoms with Gasteiger partial charge in [0, 0.05) is 19.3 Å². The molecule has 0 radical (unpaired) electrons. The number of carbonyl (C=O) groups excluding carboxylic acids is 1. The van der Waals surface area contributed by atoms with Gasteiger partial charge in [0.05, 0.1) is 30.8 Å². The van der Waals surface area contributed by atoms with Gasteiger partial charge >= 0.3 is 6.03 Å². The van der Waals surface area contributed by atoms with Crippen molar-refractivity contribution in [1.29, 1.82) is 0 Å². The Kier molecular flexibility index (Phi) is 3.96. The van der Waals surface area contributed by atoms with E-state index < -0.39 is 0 Å². The first-order valence-corrected chi connectivity index (χ1v) is 7.55. The number of fused-ring (bicyclic) bond motifs is 1. The number of alkyl halides is 1. The van der Waals surface area contributed by atoms with Crippen LogP contribution in [0.2, 0.25) is 0 Å². The molecule has 2 amide bonds. The first-order valence-electron chi connectivity index (χ1n) is 6.63. The molecule has 6 heteroatoms. The smallest absolute Gasteiger partial charge is 0.321 e. The maximum absolute atomic E-state index is 11.6. The fourth-order valence-electron chi connectivity index (χ4n) is 2.47. The monoisotopic (exact) mass is 340 g/mol. The van der Waals surface area contributed by atoms with Gasteiger partial charge < -0.3 is 19.7 Å². The molecule has 20 heavy (non-hydrogen) atoms. The van der Waals surface area contributed by atoms with Gasteiger partial charge in [0.1, 0.15) is 0 Å². The highest BCUT2D eigenvalue weighted by Gasteiger charge is 2.26. The zero-order valence-corrected chi connectivity index (χ0v) is 12.9. The fourth-order valence-corrected chi connectivity index (χ4v) is 3.06. The van der Waals surface area contributed by atoms with E-state index in [1.54, 1.807) is 11.9 Å². The van der Waals surface area contributed by atoms with E-state index in [0.717, 1.165) is 16.8 Å². The topological polar surface area (TPSA) is 50.8 Å². The van der Waals surface area contributed by atoms with Crippen molar-refractivity contribution in [2.45, 2.75) is 17.5 Å². The Morgan fingerprint density at radius 3 is 3.05 bits per heavy atom. The van der Waals surface area contributed by atoms with Crippen molar-refractivity contribution >= 4 is 27.6 Å². The lowest BCUT2D eigenvalue weighted by Gasteiger charge is -2.29. The average molecular weight is 341 g/mol. The third-order valence-electron chi connectivity index (χ3n) is 3.61. The molecular formula is C14H17BrN2O3. The molecule has 0 aliphatic carbocycles. The van der Waals surface area contributed by atoms with Crippen LogP contribution in [0.4, 0.5) is 10.5 Å². The van der Waals surface area contributed by atoms with E-state index in [9.17, 15) is 4.79 Å². The van der Waals surface area contributed by atoms with Crippen molar-refractivity contribution in [1.82, 2.24) is 4.90 Å². The second-order valence-electron chi connectivity index (χ2n) is 5.09. The molecule has 1 saturated heterocycles. The molecule has 0 spiro atoms. The van der Waals surface area contributed by atoms with Gasteiger partial charge in [-0.05, 0) is 17.2 Å². The van der Waals surface area contributed by atoms with Crippen molar-refractivity contribution in [3.05, 3.63) is 29.3 Å². The summed E-state index contributed by atoms with van der Waals surface area (Å²) in [5.41, 5.74) is 3.15. The highest BCUT2D eigenvalue weighted by atomic mass is 79.9. The minimum absolute atomic E-state index is 0.0257. The molecule has 2 aliphatic heterocycles. The number of carbonyl (C=O) groups is 1. The van der Waals surface area contributed by atoms with E-state index >= 15 is 0 Å². The normalized spacial score (nSPS) is 24.0. The molecule has 3 rings (SSSR count). The van der Waals surface area contributed by atoms with Crippen LogP contribution in [0, 0.1) is 0 Å². The Balaban J connectivity index is 1.81. The van der Waals surface area contributed by atoms with E-state index in [0.29, 0.717) is 26.4 Å². The molecule has 2 atom stereocenters. The van der Waals surface area contributed by atoms with E-state index in [1.807, 2.05) is 12.1 Å². The number of nitrogens with one attached hydrogen (secondary N) is 1. The molecule has 108 valence electrons. The predicted molar refractivity (Wildman–Crippen MR) is 79.2 cm³/mol. The van der Waals surface area contributed by atoms with Gasteiger partial charge in [0.2, 0.25) is 0 Å². The predicted octanol–water partition coefficient (Wildman–Crippen LogP) is 2.52. The zero-order chi connectivity index (χ0) is 14.1. The van der Waals surface area contributed by atoms with Crippen LogP contribution >= 0.6 is 15.9 Å². The first kappa shape index (κ1) is 13.9. The standard InChI is InChI=1S/C14H17BrN2O3/c1-17-7-10-6-9(2-3-11(10)16-14(17)18)13(15)12-8-19-4-5-20-12/h2-3,6,12-13H,4-5,7-8H2,1H3,(H,16,18). The number of amides is 2. The molecular weight excluding hydrogens is 324 g/mol. The third-order valence-corrected chi connectivity index (χ3v) is 4.73. The summed E-state index contributed by atoms with van der Waals surface area (Å²) in [5, 5.41) is 2.87. The minimum atomic E-state index is -0.0651. The summed E-state index contributed by atoms with van der Waals surface area (Å²) < 4.78 is 11.2. The molecule has 1 aromatic carbocycles. The first-order chi connectivity index (χ1) is 9.65. The Morgan fingerprint density at radius 2 is 2.30 bits per heavy atom. The van der Waals surface area contributed by atoms with Crippen molar-refractivity contribution in [2.24, 2.45) is 0 Å². The van der Waals surface area contributed by atoms with Crippen molar-refractivity contribution < 1.29 is 14.3 Å². The molecule has 5 nitrogen and oxygen atoms in total. The number of hydrogen-bond acceptors (Lipinski definition) is 3. The lowest BCUT2D eigenvalue weighted by Crippen LogP contribution is -2.35. The SMILES string of the molecule is CN1Cc2cc(C(Br)C3COCCO3)ccc2NC1=O. The molecule has 0 aromatic heterocycles. The Hall–Kier alpha value is -1.11. The van der Waals surface area contributed by atoms with Gasteiger partial charge in [-0.2, -0.15) is 0 Å².